The standard InChI is InChI=1S/C18H21BrN2/c1-2-13-4-3-9-20-18(13)12-21-17-10-15(11-17)14-5-7-16(19)8-6-14/h3-9,15,17,21H,2,10-12H2,1H3. The first-order valence-corrected chi connectivity index (χ1v) is 8.47. The highest BCUT2D eigenvalue weighted by Gasteiger charge is 2.29. The van der Waals surface area contributed by atoms with Gasteiger partial charge in [-0.15, -0.1) is 0 Å². The van der Waals surface area contributed by atoms with Crippen LogP contribution in [0, 0.1) is 0 Å². The zero-order valence-electron chi connectivity index (χ0n) is 12.3. The van der Waals surface area contributed by atoms with Gasteiger partial charge in [0.25, 0.3) is 0 Å². The van der Waals surface area contributed by atoms with Crippen molar-refractivity contribution in [2.24, 2.45) is 0 Å². The molecule has 2 nitrogen and oxygen atoms in total. The molecule has 0 spiro atoms. The van der Waals surface area contributed by atoms with Crippen molar-refractivity contribution >= 4 is 15.9 Å². The molecule has 1 fully saturated rings. The Kier molecular flexibility index (Phi) is 4.71. The van der Waals surface area contributed by atoms with E-state index in [1.165, 1.54) is 29.7 Å². The molecule has 0 aliphatic heterocycles. The van der Waals surface area contributed by atoms with Gasteiger partial charge in [0.2, 0.25) is 0 Å². The lowest BCUT2D eigenvalue weighted by molar-refractivity contribution is 0.288. The number of hydrogen-bond acceptors (Lipinski definition) is 2. The van der Waals surface area contributed by atoms with Crippen molar-refractivity contribution in [1.29, 1.82) is 0 Å². The van der Waals surface area contributed by atoms with Crippen LogP contribution in [0.2, 0.25) is 0 Å². The van der Waals surface area contributed by atoms with Gasteiger partial charge in [-0.05, 0) is 54.5 Å². The highest BCUT2D eigenvalue weighted by molar-refractivity contribution is 9.10. The van der Waals surface area contributed by atoms with Crippen LogP contribution in [0.25, 0.3) is 0 Å². The second kappa shape index (κ2) is 6.71. The first kappa shape index (κ1) is 14.7. The Balaban J connectivity index is 1.50. The molecule has 1 heterocycles. The van der Waals surface area contributed by atoms with E-state index < -0.39 is 0 Å². The molecule has 1 aliphatic rings. The van der Waals surface area contributed by atoms with Crippen molar-refractivity contribution in [3.05, 3.63) is 63.9 Å². The molecule has 1 aromatic carbocycles. The predicted octanol–water partition coefficient (Wildman–Crippen LogP) is 4.44. The molecule has 1 saturated carbocycles. The SMILES string of the molecule is CCc1cccnc1CNC1CC(c2ccc(Br)cc2)C1. The Morgan fingerprint density at radius 1 is 1.19 bits per heavy atom. The monoisotopic (exact) mass is 344 g/mol. The first-order valence-electron chi connectivity index (χ1n) is 7.68. The molecule has 21 heavy (non-hydrogen) atoms. The summed E-state index contributed by atoms with van der Waals surface area (Å²) < 4.78 is 1.16. The van der Waals surface area contributed by atoms with Crippen molar-refractivity contribution in [3.8, 4) is 0 Å². The fraction of sp³-hybridized carbons (Fsp3) is 0.389. The van der Waals surface area contributed by atoms with E-state index in [1.54, 1.807) is 0 Å². The van der Waals surface area contributed by atoms with Gasteiger partial charge in [0.1, 0.15) is 0 Å². The lowest BCUT2D eigenvalue weighted by atomic mass is 9.76. The van der Waals surface area contributed by atoms with Crippen molar-refractivity contribution in [2.45, 2.75) is 44.7 Å². The first-order chi connectivity index (χ1) is 10.3. The third-order valence-electron chi connectivity index (χ3n) is 4.40. The maximum absolute atomic E-state index is 4.50. The number of aryl methyl sites for hydroxylation is 1. The Labute approximate surface area is 135 Å². The highest BCUT2D eigenvalue weighted by atomic mass is 79.9. The third kappa shape index (κ3) is 3.53. The quantitative estimate of drug-likeness (QED) is 0.866. The Morgan fingerprint density at radius 2 is 1.95 bits per heavy atom. The molecule has 0 atom stereocenters. The maximum Gasteiger partial charge on any atom is 0.0573 e. The van der Waals surface area contributed by atoms with Crippen molar-refractivity contribution in [2.75, 3.05) is 0 Å². The number of aromatic nitrogens is 1. The van der Waals surface area contributed by atoms with Crippen LogP contribution in [0.5, 0.6) is 0 Å². The summed E-state index contributed by atoms with van der Waals surface area (Å²) in [6.45, 7) is 3.08. The number of rotatable bonds is 5. The molecule has 0 bridgehead atoms. The van der Waals surface area contributed by atoms with Crippen molar-refractivity contribution < 1.29 is 0 Å². The summed E-state index contributed by atoms with van der Waals surface area (Å²) in [7, 11) is 0. The summed E-state index contributed by atoms with van der Waals surface area (Å²) >= 11 is 3.49. The van der Waals surface area contributed by atoms with Crippen molar-refractivity contribution in [1.82, 2.24) is 10.3 Å². The Hall–Kier alpha value is -1.19. The molecule has 0 unspecified atom stereocenters. The predicted molar refractivity (Wildman–Crippen MR) is 90.4 cm³/mol. The van der Waals surface area contributed by atoms with Gasteiger partial charge in [-0.1, -0.05) is 41.1 Å². The lowest BCUT2D eigenvalue weighted by Gasteiger charge is -2.36. The van der Waals surface area contributed by atoms with Crippen LogP contribution >= 0.6 is 15.9 Å². The summed E-state index contributed by atoms with van der Waals surface area (Å²) in [6, 6.07) is 13.6. The number of hydrogen-bond donors (Lipinski definition) is 1. The zero-order valence-corrected chi connectivity index (χ0v) is 13.9. The summed E-state index contributed by atoms with van der Waals surface area (Å²) in [4.78, 5) is 4.50. The molecular formula is C18H21BrN2. The largest absolute Gasteiger partial charge is 0.308 e. The van der Waals surface area contributed by atoms with Crippen LogP contribution in [0.15, 0.2) is 47.1 Å². The second-order valence-corrected chi connectivity index (χ2v) is 6.68. The van der Waals surface area contributed by atoms with E-state index in [0.717, 1.165) is 17.4 Å². The van der Waals surface area contributed by atoms with Crippen molar-refractivity contribution in [3.63, 3.8) is 0 Å². The smallest absolute Gasteiger partial charge is 0.0573 e. The molecule has 0 saturated heterocycles. The van der Waals surface area contributed by atoms with Gasteiger partial charge in [-0.2, -0.15) is 0 Å². The Morgan fingerprint density at radius 3 is 2.67 bits per heavy atom. The molecule has 0 amide bonds. The maximum atomic E-state index is 4.50. The van der Waals surface area contributed by atoms with Gasteiger partial charge in [0, 0.05) is 23.3 Å². The summed E-state index contributed by atoms with van der Waals surface area (Å²) in [5, 5.41) is 3.65. The minimum Gasteiger partial charge on any atom is -0.308 e. The number of nitrogens with one attached hydrogen (secondary N) is 1. The number of nitrogens with zero attached hydrogens (tertiary/aromatic N) is 1. The summed E-state index contributed by atoms with van der Waals surface area (Å²) in [6.07, 6.45) is 5.41. The van der Waals surface area contributed by atoms with E-state index in [0.29, 0.717) is 12.0 Å². The molecule has 1 N–H and O–H groups in total. The fourth-order valence-corrected chi connectivity index (χ4v) is 3.25. The van der Waals surface area contributed by atoms with E-state index in [9.17, 15) is 0 Å². The second-order valence-electron chi connectivity index (χ2n) is 5.76. The van der Waals surface area contributed by atoms with E-state index in [-0.39, 0.29) is 0 Å². The van der Waals surface area contributed by atoms with Crippen LogP contribution in [0.1, 0.15) is 42.5 Å². The lowest BCUT2D eigenvalue weighted by Crippen LogP contribution is -2.39. The van der Waals surface area contributed by atoms with Crippen LogP contribution < -0.4 is 5.32 Å². The van der Waals surface area contributed by atoms with E-state index in [4.69, 9.17) is 0 Å². The van der Waals surface area contributed by atoms with Gasteiger partial charge in [0.05, 0.1) is 5.69 Å². The fourth-order valence-electron chi connectivity index (χ4n) is 2.99. The molecular weight excluding hydrogens is 324 g/mol. The minimum absolute atomic E-state index is 0.630. The zero-order chi connectivity index (χ0) is 14.7. The van der Waals surface area contributed by atoms with Gasteiger partial charge in [-0.25, -0.2) is 0 Å². The molecule has 3 heteroatoms. The van der Waals surface area contributed by atoms with Gasteiger partial charge >= 0.3 is 0 Å². The third-order valence-corrected chi connectivity index (χ3v) is 4.93. The average molecular weight is 345 g/mol. The van der Waals surface area contributed by atoms with Crippen LogP contribution in [0.3, 0.4) is 0 Å². The number of benzene rings is 1. The highest BCUT2D eigenvalue weighted by Crippen LogP contribution is 2.37. The molecule has 2 aromatic rings. The summed E-state index contributed by atoms with van der Waals surface area (Å²) in [5.41, 5.74) is 4.02. The van der Waals surface area contributed by atoms with E-state index in [2.05, 4.69) is 63.5 Å². The Bertz CT molecular complexity index is 588. The summed E-state index contributed by atoms with van der Waals surface area (Å²) in [5.74, 6) is 0.713. The molecule has 3 rings (SSSR count). The van der Waals surface area contributed by atoms with Crippen LogP contribution in [-0.2, 0) is 13.0 Å². The van der Waals surface area contributed by atoms with E-state index in [1.807, 2.05) is 12.3 Å². The van der Waals surface area contributed by atoms with Crippen LogP contribution in [-0.4, -0.2) is 11.0 Å². The number of halogens is 1. The molecule has 1 aromatic heterocycles. The van der Waals surface area contributed by atoms with Gasteiger partial charge in [0.15, 0.2) is 0 Å². The topological polar surface area (TPSA) is 24.9 Å². The molecule has 110 valence electrons. The van der Waals surface area contributed by atoms with Crippen LogP contribution in [0.4, 0.5) is 0 Å². The van der Waals surface area contributed by atoms with Gasteiger partial charge in [-0.3, -0.25) is 4.98 Å². The van der Waals surface area contributed by atoms with Gasteiger partial charge < -0.3 is 5.32 Å². The number of pyridine rings is 1. The normalized spacial score (nSPS) is 21.0. The van der Waals surface area contributed by atoms with E-state index >= 15 is 0 Å². The average Bonchev–Trinajstić information content (AvgIpc) is 2.48. The minimum atomic E-state index is 0.630. The molecule has 1 aliphatic carbocycles. The molecule has 0 radical (unpaired) electrons.